The minimum atomic E-state index is -0.226. The zero-order valence-electron chi connectivity index (χ0n) is 19.2. The van der Waals surface area contributed by atoms with E-state index in [2.05, 4.69) is 82.1 Å². The molecular formula is C29H28N2Pt. The molecule has 0 radical (unpaired) electrons. The van der Waals surface area contributed by atoms with E-state index < -0.39 is 0 Å². The molecule has 0 saturated carbocycles. The standard InChI is InChI=1S/C29H28N2.Pt/c1-28(2,3)23-18-21(19-24(20-23)29(4,5)22-12-7-6-8-13-22)25-15-11-16-27(31-25)26-14-9-10-17-30-26;/h6-12,14-18,20H,1-5H3;/q-2;+2. The minimum absolute atomic E-state index is 0. The van der Waals surface area contributed by atoms with Gasteiger partial charge in [-0.2, -0.15) is 35.9 Å². The van der Waals surface area contributed by atoms with Gasteiger partial charge in [-0.1, -0.05) is 52.8 Å². The van der Waals surface area contributed by atoms with E-state index in [9.17, 15) is 0 Å². The van der Waals surface area contributed by atoms with Crippen LogP contribution in [0.4, 0.5) is 0 Å². The second kappa shape index (κ2) is 9.51. The molecule has 2 heterocycles. The summed E-state index contributed by atoms with van der Waals surface area (Å²) in [7, 11) is 0. The van der Waals surface area contributed by atoms with Crippen LogP contribution in [0.2, 0.25) is 0 Å². The predicted molar refractivity (Wildman–Crippen MR) is 128 cm³/mol. The zero-order chi connectivity index (χ0) is 22.1. The first-order chi connectivity index (χ1) is 14.7. The summed E-state index contributed by atoms with van der Waals surface area (Å²) in [4.78, 5) is 9.39. The van der Waals surface area contributed by atoms with Crippen LogP contribution in [0.25, 0.3) is 22.6 Å². The van der Waals surface area contributed by atoms with Gasteiger partial charge in [0.1, 0.15) is 0 Å². The molecule has 0 amide bonds. The molecule has 2 aromatic heterocycles. The van der Waals surface area contributed by atoms with Gasteiger partial charge in [0.15, 0.2) is 0 Å². The molecule has 4 aromatic rings. The van der Waals surface area contributed by atoms with Gasteiger partial charge < -0.3 is 0 Å². The Kier molecular flexibility index (Phi) is 7.15. The van der Waals surface area contributed by atoms with Crippen molar-refractivity contribution in [1.29, 1.82) is 0 Å². The number of hydrogen-bond acceptors (Lipinski definition) is 2. The summed E-state index contributed by atoms with van der Waals surface area (Å²) in [5.41, 5.74) is 6.99. The van der Waals surface area contributed by atoms with Gasteiger partial charge in [-0.05, 0) is 34.7 Å². The molecule has 0 bridgehead atoms. The average molecular weight is 600 g/mol. The van der Waals surface area contributed by atoms with Crippen molar-refractivity contribution in [1.82, 2.24) is 9.97 Å². The molecule has 0 saturated heterocycles. The summed E-state index contributed by atoms with van der Waals surface area (Å²) in [6.45, 7) is 11.2. The van der Waals surface area contributed by atoms with Crippen LogP contribution in [0.5, 0.6) is 0 Å². The minimum Gasteiger partial charge on any atom is -0.295 e. The SMILES string of the molecule is CC(C)(C)c1cc(-c2cccc(-c3ccccn3)n2)[c-]c(C(C)(C)c2[c-]cccc2)c1.[Pt+2]. The summed E-state index contributed by atoms with van der Waals surface area (Å²) in [6.07, 6.45) is 1.80. The maximum Gasteiger partial charge on any atom is 2.00 e. The van der Waals surface area contributed by atoms with Crippen molar-refractivity contribution in [2.75, 3.05) is 0 Å². The topological polar surface area (TPSA) is 25.8 Å². The summed E-state index contributed by atoms with van der Waals surface area (Å²) < 4.78 is 0. The molecular weight excluding hydrogens is 571 g/mol. The molecule has 4 rings (SSSR count). The maximum atomic E-state index is 4.93. The van der Waals surface area contributed by atoms with Crippen LogP contribution in [0.15, 0.2) is 79.0 Å². The third-order valence-corrected chi connectivity index (χ3v) is 5.74. The van der Waals surface area contributed by atoms with Crippen molar-refractivity contribution >= 4 is 0 Å². The molecule has 0 atom stereocenters. The van der Waals surface area contributed by atoms with Crippen molar-refractivity contribution in [2.24, 2.45) is 0 Å². The molecule has 0 unspecified atom stereocenters. The number of rotatable bonds is 4. The number of benzene rings is 2. The Balaban J connectivity index is 0.00000289. The van der Waals surface area contributed by atoms with E-state index in [1.54, 1.807) is 6.20 Å². The number of hydrogen-bond donors (Lipinski definition) is 0. The fraction of sp³-hybridized carbons (Fsp3) is 0.241. The first-order valence-electron chi connectivity index (χ1n) is 10.7. The van der Waals surface area contributed by atoms with E-state index in [1.807, 2.05) is 42.5 Å². The normalized spacial score (nSPS) is 11.7. The van der Waals surface area contributed by atoms with Gasteiger partial charge in [-0.3, -0.25) is 9.97 Å². The Morgan fingerprint density at radius 3 is 2.09 bits per heavy atom. The van der Waals surface area contributed by atoms with Crippen LogP contribution >= 0.6 is 0 Å². The zero-order valence-corrected chi connectivity index (χ0v) is 21.5. The smallest absolute Gasteiger partial charge is 0.295 e. The Labute approximate surface area is 206 Å². The average Bonchev–Trinajstić information content (AvgIpc) is 2.79. The van der Waals surface area contributed by atoms with E-state index in [-0.39, 0.29) is 31.9 Å². The van der Waals surface area contributed by atoms with Crippen molar-refractivity contribution < 1.29 is 21.1 Å². The molecule has 0 aliphatic carbocycles. The van der Waals surface area contributed by atoms with Gasteiger partial charge in [-0.25, -0.2) is 0 Å². The summed E-state index contributed by atoms with van der Waals surface area (Å²) >= 11 is 0. The van der Waals surface area contributed by atoms with Crippen LogP contribution in [-0.4, -0.2) is 9.97 Å². The van der Waals surface area contributed by atoms with Crippen LogP contribution in [-0.2, 0) is 31.9 Å². The molecule has 32 heavy (non-hydrogen) atoms. The van der Waals surface area contributed by atoms with Crippen molar-refractivity contribution in [3.05, 3.63) is 108 Å². The Hall–Kier alpha value is -2.57. The summed E-state index contributed by atoms with van der Waals surface area (Å²) in [5.74, 6) is 0. The molecule has 0 spiro atoms. The van der Waals surface area contributed by atoms with Gasteiger partial charge in [0, 0.05) is 6.20 Å². The molecule has 2 nitrogen and oxygen atoms in total. The summed E-state index contributed by atoms with van der Waals surface area (Å²) in [5, 5.41) is 0. The molecule has 0 fully saturated rings. The van der Waals surface area contributed by atoms with Gasteiger partial charge in [0.2, 0.25) is 0 Å². The fourth-order valence-corrected chi connectivity index (χ4v) is 3.65. The van der Waals surface area contributed by atoms with E-state index in [0.29, 0.717) is 0 Å². The van der Waals surface area contributed by atoms with E-state index in [1.165, 1.54) is 5.56 Å². The third-order valence-electron chi connectivity index (χ3n) is 5.74. The van der Waals surface area contributed by atoms with Crippen LogP contribution < -0.4 is 0 Å². The fourth-order valence-electron chi connectivity index (χ4n) is 3.65. The number of aromatic nitrogens is 2. The summed E-state index contributed by atoms with van der Waals surface area (Å²) in [6, 6.07) is 31.8. The Morgan fingerprint density at radius 2 is 1.44 bits per heavy atom. The molecule has 0 N–H and O–H groups in total. The van der Waals surface area contributed by atoms with Crippen LogP contribution in [0, 0.1) is 12.1 Å². The number of pyridine rings is 2. The third kappa shape index (κ3) is 5.08. The predicted octanol–water partition coefficient (Wildman–Crippen LogP) is 7.03. The van der Waals surface area contributed by atoms with Crippen LogP contribution in [0.3, 0.4) is 0 Å². The number of nitrogens with zero attached hydrogens (tertiary/aromatic N) is 2. The van der Waals surface area contributed by atoms with E-state index >= 15 is 0 Å². The molecule has 0 aliphatic rings. The molecule has 164 valence electrons. The molecule has 0 aliphatic heterocycles. The first kappa shape index (κ1) is 24.1. The molecule has 3 heteroatoms. The van der Waals surface area contributed by atoms with Crippen LogP contribution in [0.1, 0.15) is 51.3 Å². The quantitative estimate of drug-likeness (QED) is 0.236. The second-order valence-electron chi connectivity index (χ2n) is 9.47. The van der Waals surface area contributed by atoms with Gasteiger partial charge in [-0.15, -0.1) is 34.9 Å². The second-order valence-corrected chi connectivity index (χ2v) is 9.47. The maximum absolute atomic E-state index is 4.93. The first-order valence-corrected chi connectivity index (χ1v) is 10.7. The van der Waals surface area contributed by atoms with Crippen molar-refractivity contribution in [3.8, 4) is 22.6 Å². The van der Waals surface area contributed by atoms with Gasteiger partial charge >= 0.3 is 21.1 Å². The van der Waals surface area contributed by atoms with E-state index in [4.69, 9.17) is 4.98 Å². The van der Waals surface area contributed by atoms with Gasteiger partial charge in [0.25, 0.3) is 0 Å². The largest absolute Gasteiger partial charge is 2.00 e. The Bertz CT molecular complexity index is 1180. The van der Waals surface area contributed by atoms with Crippen molar-refractivity contribution in [2.45, 2.75) is 45.4 Å². The van der Waals surface area contributed by atoms with Crippen molar-refractivity contribution in [3.63, 3.8) is 0 Å². The molecule has 2 aromatic carbocycles. The van der Waals surface area contributed by atoms with Gasteiger partial charge in [0.05, 0.1) is 11.4 Å². The monoisotopic (exact) mass is 599 g/mol. The van der Waals surface area contributed by atoms with E-state index in [0.717, 1.165) is 33.8 Å². The Morgan fingerprint density at radius 1 is 0.719 bits per heavy atom.